The van der Waals surface area contributed by atoms with Crippen molar-refractivity contribution < 1.29 is 29.1 Å². The molecule has 0 radical (unpaired) electrons. The Hall–Kier alpha value is -4.26. The SMILES string of the molecule is NC(=O)CCC(NC(=O)CNC(=O)C(Cc1ccccc1)NC(=O)C(N)Cc1cnc[nH]1)C(=O)O. The second kappa shape index (κ2) is 13.4. The molecule has 0 aliphatic carbocycles. The predicted molar refractivity (Wildman–Crippen MR) is 123 cm³/mol. The zero-order valence-corrected chi connectivity index (χ0v) is 18.9. The fraction of sp³-hybridized carbons (Fsp3) is 0.364. The molecule has 1 heterocycles. The fourth-order valence-electron chi connectivity index (χ4n) is 3.14. The standard InChI is InChI=1S/C22H29N7O6/c23-15(9-14-10-25-12-27-14)20(32)29-17(8-13-4-2-1-3-5-13)21(33)26-11-19(31)28-16(22(34)35)6-7-18(24)30/h1-5,10,12,15-17H,6-9,11,23H2,(H2,24,30)(H,25,27)(H,26,33)(H,28,31)(H,29,32)(H,34,35). The number of benzene rings is 1. The molecule has 0 saturated carbocycles. The number of aromatic amines is 1. The van der Waals surface area contributed by atoms with Crippen LogP contribution in [0.4, 0.5) is 0 Å². The van der Waals surface area contributed by atoms with Crippen LogP contribution in [0.5, 0.6) is 0 Å². The molecule has 4 amide bonds. The topological polar surface area (TPSA) is 222 Å². The highest BCUT2D eigenvalue weighted by molar-refractivity contribution is 5.92. The number of imidazole rings is 1. The van der Waals surface area contributed by atoms with Crippen molar-refractivity contribution in [3.8, 4) is 0 Å². The van der Waals surface area contributed by atoms with E-state index < -0.39 is 54.3 Å². The maximum Gasteiger partial charge on any atom is 0.326 e. The van der Waals surface area contributed by atoms with Crippen LogP contribution in [-0.2, 0) is 36.8 Å². The largest absolute Gasteiger partial charge is 0.480 e. The smallest absolute Gasteiger partial charge is 0.326 e. The lowest BCUT2D eigenvalue weighted by Gasteiger charge is -2.21. The fourth-order valence-corrected chi connectivity index (χ4v) is 3.14. The van der Waals surface area contributed by atoms with E-state index in [1.54, 1.807) is 30.3 Å². The van der Waals surface area contributed by atoms with Gasteiger partial charge in [-0.3, -0.25) is 19.2 Å². The van der Waals surface area contributed by atoms with Crippen molar-refractivity contribution in [1.29, 1.82) is 0 Å². The predicted octanol–water partition coefficient (Wildman–Crippen LogP) is -2.04. The van der Waals surface area contributed by atoms with Gasteiger partial charge in [0.15, 0.2) is 0 Å². The van der Waals surface area contributed by atoms with Gasteiger partial charge in [-0.05, 0) is 12.0 Å². The van der Waals surface area contributed by atoms with E-state index in [4.69, 9.17) is 11.5 Å². The maximum atomic E-state index is 12.8. The number of carboxylic acid groups (broad SMARTS) is 1. The zero-order chi connectivity index (χ0) is 25.8. The minimum atomic E-state index is -1.34. The van der Waals surface area contributed by atoms with Crippen molar-refractivity contribution in [2.75, 3.05) is 6.54 Å². The number of carbonyl (C=O) groups is 5. The molecule has 0 aliphatic rings. The van der Waals surface area contributed by atoms with Crippen LogP contribution in [0.3, 0.4) is 0 Å². The number of hydrogen-bond acceptors (Lipinski definition) is 7. The van der Waals surface area contributed by atoms with E-state index in [1.165, 1.54) is 12.5 Å². The molecule has 3 unspecified atom stereocenters. The molecule has 1 aromatic heterocycles. The molecule has 3 atom stereocenters. The highest BCUT2D eigenvalue weighted by Gasteiger charge is 2.26. The van der Waals surface area contributed by atoms with Gasteiger partial charge in [0.2, 0.25) is 23.6 Å². The number of primary amides is 1. The molecule has 2 aromatic rings. The first-order valence-corrected chi connectivity index (χ1v) is 10.8. The molecule has 9 N–H and O–H groups in total. The van der Waals surface area contributed by atoms with Crippen molar-refractivity contribution in [2.45, 2.75) is 43.8 Å². The lowest BCUT2D eigenvalue weighted by Crippen LogP contribution is -2.54. The van der Waals surface area contributed by atoms with E-state index in [9.17, 15) is 29.1 Å². The molecule has 0 saturated heterocycles. The van der Waals surface area contributed by atoms with Gasteiger partial charge in [0, 0.05) is 31.2 Å². The van der Waals surface area contributed by atoms with Crippen LogP contribution in [0.2, 0.25) is 0 Å². The van der Waals surface area contributed by atoms with Gasteiger partial charge in [-0.25, -0.2) is 9.78 Å². The number of nitrogens with two attached hydrogens (primary N) is 2. The lowest BCUT2D eigenvalue weighted by molar-refractivity contribution is -0.142. The van der Waals surface area contributed by atoms with Crippen LogP contribution in [-0.4, -0.2) is 69.3 Å². The number of aliphatic carboxylic acids is 1. The molecule has 1 aromatic carbocycles. The van der Waals surface area contributed by atoms with Gasteiger partial charge in [-0.1, -0.05) is 30.3 Å². The number of H-pyrrole nitrogens is 1. The molecule has 13 heteroatoms. The van der Waals surface area contributed by atoms with E-state index in [2.05, 4.69) is 25.9 Å². The molecule has 0 aliphatic heterocycles. The van der Waals surface area contributed by atoms with Crippen LogP contribution < -0.4 is 27.4 Å². The van der Waals surface area contributed by atoms with Crippen LogP contribution in [0, 0.1) is 0 Å². The molecular formula is C22H29N7O6. The molecule has 0 bridgehead atoms. The third-order valence-electron chi connectivity index (χ3n) is 4.98. The van der Waals surface area contributed by atoms with Crippen molar-refractivity contribution in [2.24, 2.45) is 11.5 Å². The van der Waals surface area contributed by atoms with Crippen molar-refractivity contribution in [3.63, 3.8) is 0 Å². The van der Waals surface area contributed by atoms with Crippen LogP contribution in [0.15, 0.2) is 42.9 Å². The first kappa shape index (κ1) is 27.0. The number of rotatable bonds is 14. The Balaban J connectivity index is 1.99. The van der Waals surface area contributed by atoms with Gasteiger partial charge in [0.05, 0.1) is 18.9 Å². The van der Waals surface area contributed by atoms with Crippen LogP contribution >= 0.6 is 0 Å². The summed E-state index contributed by atoms with van der Waals surface area (Å²) in [5.41, 5.74) is 12.4. The average Bonchev–Trinajstić information content (AvgIpc) is 3.33. The highest BCUT2D eigenvalue weighted by Crippen LogP contribution is 2.05. The first-order chi connectivity index (χ1) is 16.7. The Bertz CT molecular complexity index is 1010. The quantitative estimate of drug-likeness (QED) is 0.157. The number of carboxylic acids is 1. The summed E-state index contributed by atoms with van der Waals surface area (Å²) in [6.45, 7) is -0.541. The molecule has 0 spiro atoms. The Morgan fingerprint density at radius 3 is 2.31 bits per heavy atom. The van der Waals surface area contributed by atoms with E-state index in [0.717, 1.165) is 5.56 Å². The van der Waals surface area contributed by atoms with E-state index in [-0.39, 0.29) is 25.7 Å². The van der Waals surface area contributed by atoms with Gasteiger partial charge in [-0.2, -0.15) is 0 Å². The number of nitrogens with zero attached hydrogens (tertiary/aromatic N) is 1. The van der Waals surface area contributed by atoms with Gasteiger partial charge >= 0.3 is 5.97 Å². The van der Waals surface area contributed by atoms with Crippen LogP contribution in [0.1, 0.15) is 24.1 Å². The Labute approximate surface area is 201 Å². The summed E-state index contributed by atoms with van der Waals surface area (Å²) in [5, 5.41) is 16.4. The number of aromatic nitrogens is 2. The molecule has 13 nitrogen and oxygen atoms in total. The second-order valence-electron chi connectivity index (χ2n) is 7.82. The monoisotopic (exact) mass is 487 g/mol. The third-order valence-corrected chi connectivity index (χ3v) is 4.98. The molecule has 2 rings (SSSR count). The van der Waals surface area contributed by atoms with Crippen LogP contribution in [0.25, 0.3) is 0 Å². The minimum Gasteiger partial charge on any atom is -0.480 e. The molecule has 0 fully saturated rings. The zero-order valence-electron chi connectivity index (χ0n) is 18.9. The number of carbonyl (C=O) groups excluding carboxylic acids is 4. The summed E-state index contributed by atoms with van der Waals surface area (Å²) >= 11 is 0. The summed E-state index contributed by atoms with van der Waals surface area (Å²) < 4.78 is 0. The van der Waals surface area contributed by atoms with Gasteiger partial charge < -0.3 is 37.5 Å². The highest BCUT2D eigenvalue weighted by atomic mass is 16.4. The van der Waals surface area contributed by atoms with Gasteiger partial charge in [0.1, 0.15) is 12.1 Å². The normalized spacial score (nSPS) is 13.2. The van der Waals surface area contributed by atoms with Crippen molar-refractivity contribution in [1.82, 2.24) is 25.9 Å². The summed E-state index contributed by atoms with van der Waals surface area (Å²) in [6.07, 6.45) is 2.88. The molecule has 188 valence electrons. The maximum absolute atomic E-state index is 12.8. The molecular weight excluding hydrogens is 458 g/mol. The minimum absolute atomic E-state index is 0.132. The van der Waals surface area contributed by atoms with Crippen molar-refractivity contribution >= 4 is 29.6 Å². The lowest BCUT2D eigenvalue weighted by atomic mass is 10.0. The summed E-state index contributed by atoms with van der Waals surface area (Å²) in [7, 11) is 0. The molecule has 35 heavy (non-hydrogen) atoms. The number of nitrogens with one attached hydrogen (secondary N) is 4. The Morgan fingerprint density at radius 1 is 1.00 bits per heavy atom. The summed E-state index contributed by atoms with van der Waals surface area (Å²) in [5.74, 6) is -4.06. The van der Waals surface area contributed by atoms with Crippen molar-refractivity contribution in [3.05, 3.63) is 54.1 Å². The van der Waals surface area contributed by atoms with E-state index >= 15 is 0 Å². The summed E-state index contributed by atoms with van der Waals surface area (Å²) in [4.78, 5) is 66.5. The van der Waals surface area contributed by atoms with Gasteiger partial charge in [-0.15, -0.1) is 0 Å². The van der Waals surface area contributed by atoms with E-state index in [1.807, 2.05) is 0 Å². The average molecular weight is 488 g/mol. The second-order valence-corrected chi connectivity index (χ2v) is 7.82. The third kappa shape index (κ3) is 9.63. The summed E-state index contributed by atoms with van der Waals surface area (Å²) in [6, 6.07) is 5.58. The van der Waals surface area contributed by atoms with E-state index in [0.29, 0.717) is 5.69 Å². The Kier molecular flexibility index (Phi) is 10.4. The Morgan fingerprint density at radius 2 is 1.71 bits per heavy atom. The number of hydrogen-bond donors (Lipinski definition) is 7. The number of amides is 4. The first-order valence-electron chi connectivity index (χ1n) is 10.8. The van der Waals surface area contributed by atoms with Gasteiger partial charge in [0.25, 0.3) is 0 Å².